The number of halogens is 2. The van der Waals surface area contributed by atoms with Crippen molar-refractivity contribution in [2.24, 2.45) is 0 Å². The minimum absolute atomic E-state index is 0.0173. The van der Waals surface area contributed by atoms with Crippen LogP contribution in [0.5, 0.6) is 0 Å². The molecule has 2 N–H and O–H groups in total. The summed E-state index contributed by atoms with van der Waals surface area (Å²) >= 11 is 12.8. The normalized spacial score (nSPS) is 16.0. The number of benzene rings is 1. The molecule has 1 unspecified atom stereocenters. The second kappa shape index (κ2) is 8.99. The van der Waals surface area contributed by atoms with Gasteiger partial charge in [-0.3, -0.25) is 0 Å². The molecule has 0 spiro atoms. The van der Waals surface area contributed by atoms with Gasteiger partial charge in [0.2, 0.25) is 0 Å². The molecule has 1 aromatic carbocycles. The van der Waals surface area contributed by atoms with Crippen molar-refractivity contribution in [3.05, 3.63) is 27.7 Å². The van der Waals surface area contributed by atoms with Gasteiger partial charge in [0.05, 0.1) is 28.9 Å². The van der Waals surface area contributed by atoms with Gasteiger partial charge in [-0.1, -0.05) is 29.3 Å². The van der Waals surface area contributed by atoms with Crippen LogP contribution in [0.1, 0.15) is 26.3 Å². The molecule has 1 saturated heterocycles. The molecule has 0 saturated carbocycles. The Kier molecular flexibility index (Phi) is 7.19. The summed E-state index contributed by atoms with van der Waals surface area (Å²) in [5.41, 5.74) is 0.580. The average molecular weight is 419 g/mol. The van der Waals surface area contributed by atoms with Crippen LogP contribution in [-0.2, 0) is 20.7 Å². The number of alkyl carbamates (subject to hydrolysis) is 1. The highest BCUT2D eigenvalue weighted by Crippen LogP contribution is 2.36. The van der Waals surface area contributed by atoms with E-state index >= 15 is 0 Å². The third-order valence-electron chi connectivity index (χ3n) is 3.91. The molecule has 1 aliphatic heterocycles. The molecule has 150 valence electrons. The lowest BCUT2D eigenvalue weighted by atomic mass is 10.0. The van der Waals surface area contributed by atoms with E-state index in [4.69, 9.17) is 32.7 Å². The number of nitrogens with one attached hydrogen (secondary N) is 1. The van der Waals surface area contributed by atoms with Crippen molar-refractivity contribution in [3.63, 3.8) is 0 Å². The van der Waals surface area contributed by atoms with E-state index < -0.39 is 23.7 Å². The Morgan fingerprint density at radius 2 is 1.89 bits per heavy atom. The van der Waals surface area contributed by atoms with E-state index in [1.807, 2.05) is 0 Å². The van der Waals surface area contributed by atoms with Crippen molar-refractivity contribution < 1.29 is 24.2 Å². The van der Waals surface area contributed by atoms with Gasteiger partial charge in [0.25, 0.3) is 0 Å². The van der Waals surface area contributed by atoms with Gasteiger partial charge in [-0.15, -0.1) is 0 Å². The molecule has 0 aromatic heterocycles. The maximum absolute atomic E-state index is 11.9. The molecule has 1 aromatic rings. The molecule has 0 aliphatic carbocycles. The lowest BCUT2D eigenvalue weighted by molar-refractivity contribution is -0.139. The summed E-state index contributed by atoms with van der Waals surface area (Å²) in [6, 6.07) is 2.34. The van der Waals surface area contributed by atoms with Crippen LogP contribution in [0.25, 0.3) is 0 Å². The molecular weight excluding hydrogens is 395 g/mol. The number of hydrogen-bond acceptors (Lipinski definition) is 5. The second-order valence-electron chi connectivity index (χ2n) is 7.21. The summed E-state index contributed by atoms with van der Waals surface area (Å²) in [4.78, 5) is 25.5. The SMILES string of the molecule is CC(C)(C)OC(=O)NC(Cc1ccc(N2CCOCC2)c(Cl)c1Cl)C(=O)O. The number of carbonyl (C=O) groups excluding carboxylic acids is 1. The van der Waals surface area contributed by atoms with Crippen molar-refractivity contribution in [1.29, 1.82) is 0 Å². The number of carbonyl (C=O) groups is 2. The first kappa shape index (κ1) is 21.6. The predicted molar refractivity (Wildman–Crippen MR) is 104 cm³/mol. The Balaban J connectivity index is 2.14. The fraction of sp³-hybridized carbons (Fsp3) is 0.556. The van der Waals surface area contributed by atoms with Gasteiger partial charge in [-0.25, -0.2) is 9.59 Å². The Morgan fingerprint density at radius 1 is 1.26 bits per heavy atom. The van der Waals surface area contributed by atoms with Crippen LogP contribution in [0.2, 0.25) is 10.0 Å². The summed E-state index contributed by atoms with van der Waals surface area (Å²) in [5, 5.41) is 12.4. The topological polar surface area (TPSA) is 88.1 Å². The lowest BCUT2D eigenvalue weighted by Crippen LogP contribution is -2.44. The van der Waals surface area contributed by atoms with E-state index in [9.17, 15) is 14.7 Å². The number of carboxylic acid groups (broad SMARTS) is 1. The Labute approximate surface area is 168 Å². The maximum Gasteiger partial charge on any atom is 0.408 e. The van der Waals surface area contributed by atoms with E-state index in [0.29, 0.717) is 36.9 Å². The standard InChI is InChI=1S/C18H24Cl2N2O5/c1-18(2,3)27-17(25)21-12(16(23)24)10-11-4-5-13(15(20)14(11)19)22-6-8-26-9-7-22/h4-5,12H,6-10H2,1-3H3,(H,21,25)(H,23,24). The van der Waals surface area contributed by atoms with Gasteiger partial charge in [0, 0.05) is 19.5 Å². The summed E-state index contributed by atoms with van der Waals surface area (Å²) in [6.07, 6.45) is -0.821. The van der Waals surface area contributed by atoms with Crippen molar-refractivity contribution in [2.75, 3.05) is 31.2 Å². The number of ether oxygens (including phenoxy) is 2. The molecule has 1 fully saturated rings. The summed E-state index contributed by atoms with van der Waals surface area (Å²) in [6.45, 7) is 7.71. The Hall–Kier alpha value is -1.70. The van der Waals surface area contributed by atoms with Gasteiger partial charge in [0.15, 0.2) is 0 Å². The molecule has 1 amide bonds. The Bertz CT molecular complexity index is 700. The highest BCUT2D eigenvalue weighted by molar-refractivity contribution is 6.44. The van der Waals surface area contributed by atoms with Gasteiger partial charge in [-0.05, 0) is 32.4 Å². The number of anilines is 1. The first-order valence-electron chi connectivity index (χ1n) is 8.60. The number of carboxylic acids is 1. The van der Waals surface area contributed by atoms with Gasteiger partial charge >= 0.3 is 12.1 Å². The monoisotopic (exact) mass is 418 g/mol. The zero-order valence-corrected chi connectivity index (χ0v) is 17.1. The van der Waals surface area contributed by atoms with Gasteiger partial charge < -0.3 is 24.8 Å². The first-order chi connectivity index (χ1) is 12.6. The van der Waals surface area contributed by atoms with Gasteiger partial charge in [-0.2, -0.15) is 0 Å². The van der Waals surface area contributed by atoms with E-state index in [0.717, 1.165) is 5.69 Å². The van der Waals surface area contributed by atoms with Crippen LogP contribution in [0, 0.1) is 0 Å². The lowest BCUT2D eigenvalue weighted by Gasteiger charge is -2.30. The molecule has 1 aliphatic rings. The third kappa shape index (κ3) is 6.16. The van der Waals surface area contributed by atoms with Crippen LogP contribution in [-0.4, -0.2) is 55.1 Å². The van der Waals surface area contributed by atoms with Crippen LogP contribution in [0.4, 0.5) is 10.5 Å². The smallest absolute Gasteiger partial charge is 0.408 e. The van der Waals surface area contributed by atoms with Crippen LogP contribution in [0.3, 0.4) is 0 Å². The minimum atomic E-state index is -1.19. The quantitative estimate of drug-likeness (QED) is 0.761. The van der Waals surface area contributed by atoms with E-state index in [2.05, 4.69) is 10.2 Å². The number of amides is 1. The molecule has 2 rings (SSSR count). The first-order valence-corrected chi connectivity index (χ1v) is 9.36. The van der Waals surface area contributed by atoms with Crippen LogP contribution in [0.15, 0.2) is 12.1 Å². The molecule has 0 bridgehead atoms. The fourth-order valence-electron chi connectivity index (χ4n) is 2.66. The third-order valence-corrected chi connectivity index (χ3v) is 4.82. The zero-order chi connectivity index (χ0) is 20.2. The van der Waals surface area contributed by atoms with E-state index in [1.165, 1.54) is 0 Å². The molecule has 9 heteroatoms. The van der Waals surface area contributed by atoms with Crippen LogP contribution < -0.4 is 10.2 Å². The molecule has 1 atom stereocenters. The summed E-state index contributed by atoms with van der Waals surface area (Å²) in [7, 11) is 0. The largest absolute Gasteiger partial charge is 0.480 e. The van der Waals surface area contributed by atoms with E-state index in [1.54, 1.807) is 32.9 Å². The molecule has 1 heterocycles. The fourth-order valence-corrected chi connectivity index (χ4v) is 3.20. The summed E-state index contributed by atoms with van der Waals surface area (Å²) < 4.78 is 10.4. The number of hydrogen-bond donors (Lipinski definition) is 2. The number of rotatable bonds is 5. The van der Waals surface area contributed by atoms with Crippen molar-refractivity contribution in [3.8, 4) is 0 Å². The molecular formula is C18H24Cl2N2O5. The molecule has 7 nitrogen and oxygen atoms in total. The highest BCUT2D eigenvalue weighted by atomic mass is 35.5. The molecule has 27 heavy (non-hydrogen) atoms. The van der Waals surface area contributed by atoms with Crippen molar-refractivity contribution in [2.45, 2.75) is 38.8 Å². The summed E-state index contributed by atoms with van der Waals surface area (Å²) in [5.74, 6) is -1.19. The van der Waals surface area contributed by atoms with E-state index in [-0.39, 0.29) is 11.4 Å². The average Bonchev–Trinajstić information content (AvgIpc) is 2.57. The number of aliphatic carboxylic acids is 1. The Morgan fingerprint density at radius 3 is 2.44 bits per heavy atom. The minimum Gasteiger partial charge on any atom is -0.480 e. The maximum atomic E-state index is 11.9. The predicted octanol–water partition coefficient (Wildman–Crippen LogP) is 3.35. The number of nitrogens with zero attached hydrogens (tertiary/aromatic N) is 1. The highest BCUT2D eigenvalue weighted by Gasteiger charge is 2.26. The van der Waals surface area contributed by atoms with Gasteiger partial charge in [0.1, 0.15) is 11.6 Å². The number of morpholine rings is 1. The molecule has 0 radical (unpaired) electrons. The second-order valence-corrected chi connectivity index (χ2v) is 7.97. The van der Waals surface area contributed by atoms with Crippen molar-refractivity contribution >= 4 is 41.0 Å². The van der Waals surface area contributed by atoms with Crippen molar-refractivity contribution in [1.82, 2.24) is 5.32 Å². The zero-order valence-electron chi connectivity index (χ0n) is 15.6. The van der Waals surface area contributed by atoms with Crippen LogP contribution >= 0.6 is 23.2 Å².